The number of para-hydroxylation sites is 1. The first-order valence-electron chi connectivity index (χ1n) is 8.89. The van der Waals surface area contributed by atoms with Crippen LogP contribution in [-0.4, -0.2) is 18.5 Å². The van der Waals surface area contributed by atoms with E-state index in [2.05, 4.69) is 30.5 Å². The second kappa shape index (κ2) is 8.94. The number of anilines is 1. The van der Waals surface area contributed by atoms with Crippen LogP contribution in [0.4, 0.5) is 5.69 Å². The van der Waals surface area contributed by atoms with Crippen molar-refractivity contribution < 1.29 is 10.1 Å². The van der Waals surface area contributed by atoms with Gasteiger partial charge >= 0.3 is 0 Å². The molecule has 1 aromatic rings. The third-order valence-corrected chi connectivity index (χ3v) is 4.64. The summed E-state index contributed by atoms with van der Waals surface area (Å²) in [4.78, 5) is 12.2. The summed E-state index contributed by atoms with van der Waals surface area (Å²) in [5, 5.41) is 5.34. The lowest BCUT2D eigenvalue weighted by Crippen LogP contribution is -2.91. The molecule has 0 saturated heterocycles. The molecule has 0 atom stereocenters. The highest BCUT2D eigenvalue weighted by atomic mass is 16.1. The van der Waals surface area contributed by atoms with E-state index in [0.29, 0.717) is 18.5 Å². The van der Waals surface area contributed by atoms with Gasteiger partial charge in [0.05, 0.1) is 6.04 Å². The molecular weight excluding hydrogens is 272 g/mol. The van der Waals surface area contributed by atoms with Crippen LogP contribution in [0.2, 0.25) is 0 Å². The summed E-state index contributed by atoms with van der Waals surface area (Å²) in [6.45, 7) is 4.86. The molecule has 2 rings (SSSR count). The first kappa shape index (κ1) is 17.0. The maximum absolute atomic E-state index is 12.2. The molecule has 22 heavy (non-hydrogen) atoms. The Kier molecular flexibility index (Phi) is 6.91. The van der Waals surface area contributed by atoms with Crippen molar-refractivity contribution in [2.45, 2.75) is 70.8 Å². The van der Waals surface area contributed by atoms with E-state index in [4.69, 9.17) is 0 Å². The molecule has 1 aromatic carbocycles. The van der Waals surface area contributed by atoms with Crippen molar-refractivity contribution in [2.75, 3.05) is 11.9 Å². The number of carbonyl (C=O) groups is 1. The van der Waals surface area contributed by atoms with Crippen LogP contribution in [0.1, 0.15) is 70.3 Å². The monoisotopic (exact) mass is 303 g/mol. The van der Waals surface area contributed by atoms with E-state index in [9.17, 15) is 4.79 Å². The van der Waals surface area contributed by atoms with E-state index in [0.717, 1.165) is 5.69 Å². The van der Waals surface area contributed by atoms with Crippen molar-refractivity contribution in [3.8, 4) is 0 Å². The van der Waals surface area contributed by atoms with Crippen LogP contribution in [0.25, 0.3) is 0 Å². The second-order valence-electron chi connectivity index (χ2n) is 6.84. The lowest BCUT2D eigenvalue weighted by molar-refractivity contribution is -0.680. The molecule has 3 heteroatoms. The molecule has 0 bridgehead atoms. The van der Waals surface area contributed by atoms with Gasteiger partial charge in [0.2, 0.25) is 0 Å². The Bertz CT molecular complexity index is 462. The second-order valence-corrected chi connectivity index (χ2v) is 6.84. The number of nitrogens with one attached hydrogen (secondary N) is 1. The van der Waals surface area contributed by atoms with Crippen molar-refractivity contribution in [3.63, 3.8) is 0 Å². The Morgan fingerprint density at radius 3 is 2.45 bits per heavy atom. The molecule has 1 aliphatic carbocycles. The number of benzene rings is 1. The van der Waals surface area contributed by atoms with Crippen molar-refractivity contribution >= 4 is 11.6 Å². The van der Waals surface area contributed by atoms with Gasteiger partial charge in [-0.1, -0.05) is 51.3 Å². The summed E-state index contributed by atoms with van der Waals surface area (Å²) in [7, 11) is 0. The normalized spacial score (nSPS) is 17.0. The van der Waals surface area contributed by atoms with Gasteiger partial charge in [-0.25, -0.2) is 0 Å². The summed E-state index contributed by atoms with van der Waals surface area (Å²) >= 11 is 0. The smallest absolute Gasteiger partial charge is 0.279 e. The zero-order valence-corrected chi connectivity index (χ0v) is 14.1. The Morgan fingerprint density at radius 1 is 1.14 bits per heavy atom. The molecular formula is C19H31N2O+. The van der Waals surface area contributed by atoms with Gasteiger partial charge in [0, 0.05) is 5.69 Å². The van der Waals surface area contributed by atoms with E-state index in [1.807, 2.05) is 18.2 Å². The Labute approximate surface area is 134 Å². The molecule has 0 radical (unpaired) electrons. The number of amides is 1. The number of hydrogen-bond donors (Lipinski definition) is 2. The number of rotatable bonds is 5. The fraction of sp³-hybridized carbons (Fsp3) is 0.632. The van der Waals surface area contributed by atoms with E-state index in [1.54, 1.807) is 0 Å². The minimum atomic E-state index is 0.121. The van der Waals surface area contributed by atoms with Crippen molar-refractivity contribution in [3.05, 3.63) is 29.8 Å². The Hall–Kier alpha value is -1.35. The van der Waals surface area contributed by atoms with Crippen molar-refractivity contribution in [1.82, 2.24) is 0 Å². The molecule has 1 amide bonds. The van der Waals surface area contributed by atoms with Gasteiger partial charge in [0.1, 0.15) is 0 Å². The van der Waals surface area contributed by atoms with E-state index in [1.165, 1.54) is 50.5 Å². The molecule has 1 saturated carbocycles. The largest absolute Gasteiger partial charge is 0.336 e. The zero-order chi connectivity index (χ0) is 15.8. The highest BCUT2D eigenvalue weighted by Crippen LogP contribution is 2.23. The maximum Gasteiger partial charge on any atom is 0.279 e. The third kappa shape index (κ3) is 5.45. The minimum absolute atomic E-state index is 0.121. The number of nitrogens with two attached hydrogens (primary N) is 1. The molecule has 3 nitrogen and oxygen atoms in total. The molecule has 0 aliphatic heterocycles. The van der Waals surface area contributed by atoms with Crippen molar-refractivity contribution in [2.24, 2.45) is 0 Å². The molecule has 122 valence electrons. The summed E-state index contributed by atoms with van der Waals surface area (Å²) in [5.74, 6) is 0.543. The molecule has 0 aromatic heterocycles. The highest BCUT2D eigenvalue weighted by Gasteiger charge is 2.16. The zero-order valence-electron chi connectivity index (χ0n) is 14.1. The molecule has 3 N–H and O–H groups in total. The first-order chi connectivity index (χ1) is 10.7. The van der Waals surface area contributed by atoms with Gasteiger partial charge in [-0.2, -0.15) is 0 Å². The summed E-state index contributed by atoms with van der Waals surface area (Å²) in [6.07, 6.45) is 9.26. The summed E-state index contributed by atoms with van der Waals surface area (Å²) in [5.41, 5.74) is 2.18. The Morgan fingerprint density at radius 2 is 1.77 bits per heavy atom. The van der Waals surface area contributed by atoms with Crippen LogP contribution in [0.15, 0.2) is 24.3 Å². The van der Waals surface area contributed by atoms with Gasteiger partial charge in [-0.3, -0.25) is 4.79 Å². The van der Waals surface area contributed by atoms with Gasteiger partial charge in [-0.15, -0.1) is 0 Å². The quantitative estimate of drug-likeness (QED) is 0.860. The van der Waals surface area contributed by atoms with E-state index >= 15 is 0 Å². The van der Waals surface area contributed by atoms with Crippen LogP contribution >= 0.6 is 0 Å². The molecule has 1 fully saturated rings. The van der Waals surface area contributed by atoms with Crippen molar-refractivity contribution in [1.29, 1.82) is 0 Å². The number of quaternary nitrogens is 1. The molecule has 0 spiro atoms. The lowest BCUT2D eigenvalue weighted by atomic mass is 9.97. The topological polar surface area (TPSA) is 45.7 Å². The fourth-order valence-electron chi connectivity index (χ4n) is 3.31. The van der Waals surface area contributed by atoms with E-state index < -0.39 is 0 Å². The Balaban J connectivity index is 1.82. The molecule has 0 unspecified atom stereocenters. The number of carbonyl (C=O) groups excluding carboxylic acids is 1. The minimum Gasteiger partial charge on any atom is -0.336 e. The first-order valence-corrected chi connectivity index (χ1v) is 8.89. The SMILES string of the molecule is CC(C)c1ccccc1NC(=O)C[NH2+]C1CCCCCCC1. The average molecular weight is 303 g/mol. The summed E-state index contributed by atoms with van der Waals surface area (Å²) in [6, 6.07) is 8.75. The number of hydrogen-bond acceptors (Lipinski definition) is 1. The third-order valence-electron chi connectivity index (χ3n) is 4.64. The highest BCUT2D eigenvalue weighted by molar-refractivity contribution is 5.92. The molecule has 1 aliphatic rings. The predicted octanol–water partition coefficient (Wildman–Crippen LogP) is 3.42. The van der Waals surface area contributed by atoms with Crippen LogP contribution in [-0.2, 0) is 4.79 Å². The standard InChI is InChI=1S/C19H30N2O/c1-15(2)17-12-8-9-13-18(17)21-19(22)14-20-16-10-6-4-3-5-7-11-16/h8-9,12-13,15-16,20H,3-7,10-11,14H2,1-2H3,(H,21,22)/p+1. The van der Waals surface area contributed by atoms with Gasteiger partial charge < -0.3 is 10.6 Å². The lowest BCUT2D eigenvalue weighted by Gasteiger charge is -2.18. The fourth-order valence-corrected chi connectivity index (χ4v) is 3.31. The molecule has 0 heterocycles. The van der Waals surface area contributed by atoms with Gasteiger partial charge in [-0.05, 0) is 43.2 Å². The van der Waals surface area contributed by atoms with Gasteiger partial charge in [0.15, 0.2) is 6.54 Å². The van der Waals surface area contributed by atoms with Gasteiger partial charge in [0.25, 0.3) is 5.91 Å². The van der Waals surface area contributed by atoms with Crippen LogP contribution < -0.4 is 10.6 Å². The van der Waals surface area contributed by atoms with Crippen LogP contribution in [0.5, 0.6) is 0 Å². The average Bonchev–Trinajstić information content (AvgIpc) is 2.46. The maximum atomic E-state index is 12.2. The predicted molar refractivity (Wildman–Crippen MR) is 92.1 cm³/mol. The van der Waals surface area contributed by atoms with Crippen LogP contribution in [0.3, 0.4) is 0 Å². The van der Waals surface area contributed by atoms with Crippen LogP contribution in [0, 0.1) is 0 Å². The summed E-state index contributed by atoms with van der Waals surface area (Å²) < 4.78 is 0. The van der Waals surface area contributed by atoms with E-state index in [-0.39, 0.29) is 5.91 Å².